The molecule has 28 heavy (non-hydrogen) atoms. The van der Waals surface area contributed by atoms with E-state index >= 15 is 0 Å². The molecule has 0 aliphatic carbocycles. The summed E-state index contributed by atoms with van der Waals surface area (Å²) in [6.07, 6.45) is 0. The zero-order valence-corrected chi connectivity index (χ0v) is 14.9. The highest BCUT2D eigenvalue weighted by atomic mass is 19.1. The zero-order chi connectivity index (χ0) is 20.1. The molecular formula is C20H16F2N4O2. The first-order chi connectivity index (χ1) is 13.5. The normalized spacial score (nSPS) is 10.4. The Bertz CT molecular complexity index is 1060. The predicted molar refractivity (Wildman–Crippen MR) is 100 cm³/mol. The summed E-state index contributed by atoms with van der Waals surface area (Å²) in [5.74, 6) is -1.70. The monoisotopic (exact) mass is 382 g/mol. The summed E-state index contributed by atoms with van der Waals surface area (Å²) in [6, 6.07) is 12.3. The van der Waals surface area contributed by atoms with E-state index in [0.29, 0.717) is 22.6 Å². The van der Waals surface area contributed by atoms with E-state index in [0.717, 1.165) is 17.5 Å². The number of methoxy groups -OCH3 is 1. The molecule has 1 amide bonds. The van der Waals surface area contributed by atoms with Crippen LogP contribution < -0.4 is 15.4 Å². The highest BCUT2D eigenvalue weighted by Gasteiger charge is 2.16. The van der Waals surface area contributed by atoms with Gasteiger partial charge in [0.2, 0.25) is 0 Å². The molecule has 0 radical (unpaired) electrons. The topological polar surface area (TPSA) is 87.0 Å². The first kappa shape index (κ1) is 19.0. The molecule has 142 valence electrons. The van der Waals surface area contributed by atoms with Crippen molar-refractivity contribution in [1.82, 2.24) is 10.3 Å². The Hall–Kier alpha value is -3.73. The maximum Gasteiger partial charge on any atom is 0.257 e. The van der Waals surface area contributed by atoms with E-state index < -0.39 is 23.1 Å². The second-order valence-corrected chi connectivity index (χ2v) is 5.83. The molecule has 3 rings (SSSR count). The minimum absolute atomic E-state index is 0.0831. The number of carbonyl (C=O) groups excluding carboxylic acids is 1. The summed E-state index contributed by atoms with van der Waals surface area (Å²) in [7, 11) is 1.55. The number of rotatable bonds is 6. The number of hydrogen-bond donors (Lipinski definition) is 2. The van der Waals surface area contributed by atoms with Gasteiger partial charge in [-0.2, -0.15) is 5.26 Å². The van der Waals surface area contributed by atoms with Crippen molar-refractivity contribution in [3.63, 3.8) is 0 Å². The van der Waals surface area contributed by atoms with Gasteiger partial charge in [0.05, 0.1) is 18.2 Å². The van der Waals surface area contributed by atoms with Crippen LogP contribution in [0.4, 0.5) is 14.6 Å². The molecule has 0 atom stereocenters. The number of carbonyl (C=O) groups is 1. The van der Waals surface area contributed by atoms with Gasteiger partial charge in [-0.15, -0.1) is 0 Å². The zero-order valence-electron chi connectivity index (χ0n) is 14.9. The van der Waals surface area contributed by atoms with Crippen molar-refractivity contribution in [2.45, 2.75) is 0 Å². The fourth-order valence-corrected chi connectivity index (χ4v) is 2.66. The van der Waals surface area contributed by atoms with Crippen LogP contribution in [-0.4, -0.2) is 31.1 Å². The lowest BCUT2D eigenvalue weighted by atomic mass is 10.1. The minimum Gasteiger partial charge on any atom is -0.497 e. The van der Waals surface area contributed by atoms with E-state index in [1.165, 1.54) is 6.07 Å². The van der Waals surface area contributed by atoms with Gasteiger partial charge in [0.15, 0.2) is 0 Å². The summed E-state index contributed by atoms with van der Waals surface area (Å²) in [5.41, 5.74) is 0.366. The quantitative estimate of drug-likeness (QED) is 0.639. The smallest absolute Gasteiger partial charge is 0.257 e. The second-order valence-electron chi connectivity index (χ2n) is 5.83. The van der Waals surface area contributed by atoms with Gasteiger partial charge in [0, 0.05) is 18.5 Å². The summed E-state index contributed by atoms with van der Waals surface area (Å²) in [5, 5.41) is 15.5. The number of ether oxygens (including phenoxy) is 1. The molecule has 2 aromatic carbocycles. The van der Waals surface area contributed by atoms with Gasteiger partial charge in [-0.3, -0.25) is 4.79 Å². The third kappa shape index (κ3) is 3.99. The van der Waals surface area contributed by atoms with Crippen molar-refractivity contribution in [2.75, 3.05) is 25.5 Å². The summed E-state index contributed by atoms with van der Waals surface area (Å²) in [6.45, 7) is 0.297. The maximum atomic E-state index is 13.6. The predicted octanol–water partition coefficient (Wildman–Crippen LogP) is 3.24. The van der Waals surface area contributed by atoms with E-state index in [4.69, 9.17) is 4.74 Å². The number of halogens is 2. The summed E-state index contributed by atoms with van der Waals surface area (Å²) >= 11 is 0. The molecule has 8 heteroatoms. The number of nitrogens with one attached hydrogen (secondary N) is 2. The Morgan fingerprint density at radius 1 is 1.18 bits per heavy atom. The Labute approximate surface area is 159 Å². The summed E-state index contributed by atoms with van der Waals surface area (Å²) < 4.78 is 32.4. The van der Waals surface area contributed by atoms with Crippen LogP contribution in [0.15, 0.2) is 42.5 Å². The van der Waals surface area contributed by atoms with Crippen molar-refractivity contribution >= 4 is 22.6 Å². The maximum absolute atomic E-state index is 13.6. The van der Waals surface area contributed by atoms with E-state index in [9.17, 15) is 18.8 Å². The molecule has 0 bridgehead atoms. The third-order valence-electron chi connectivity index (χ3n) is 4.04. The van der Waals surface area contributed by atoms with Crippen molar-refractivity contribution in [3.8, 4) is 11.8 Å². The second kappa shape index (κ2) is 8.31. The fraction of sp³-hybridized carbons (Fsp3) is 0.150. The van der Waals surface area contributed by atoms with Gasteiger partial charge in [-0.25, -0.2) is 13.8 Å². The molecular weight excluding hydrogens is 366 g/mol. The molecule has 3 aromatic rings. The van der Waals surface area contributed by atoms with Crippen molar-refractivity contribution < 1.29 is 18.3 Å². The number of nitriles is 1. The Morgan fingerprint density at radius 3 is 2.61 bits per heavy atom. The van der Waals surface area contributed by atoms with Crippen LogP contribution >= 0.6 is 0 Å². The number of hydrogen-bond acceptors (Lipinski definition) is 5. The van der Waals surface area contributed by atoms with Crippen LogP contribution in [0.1, 0.15) is 15.9 Å². The Kier molecular flexibility index (Phi) is 5.65. The van der Waals surface area contributed by atoms with E-state index in [1.807, 2.05) is 0 Å². The molecule has 0 fully saturated rings. The SMILES string of the molecule is COc1ccc2nc(NCCNC(=O)c3c(F)cccc3F)c(C#N)cc2c1. The lowest BCUT2D eigenvalue weighted by Gasteiger charge is -2.11. The molecule has 0 spiro atoms. The standard InChI is InChI=1S/C20H16F2N4O2/c1-28-14-5-6-17-12(10-14)9-13(11-23)19(26-17)24-7-8-25-20(27)18-15(21)3-2-4-16(18)22/h2-6,9-10H,7-8H2,1H3,(H,24,26)(H,25,27). The molecule has 0 saturated heterocycles. The first-order valence-corrected chi connectivity index (χ1v) is 8.38. The molecule has 0 aliphatic rings. The van der Waals surface area contributed by atoms with Gasteiger partial charge in [0.1, 0.15) is 34.8 Å². The van der Waals surface area contributed by atoms with E-state index in [2.05, 4.69) is 21.7 Å². The molecule has 1 aromatic heterocycles. The average molecular weight is 382 g/mol. The molecule has 0 aliphatic heterocycles. The van der Waals surface area contributed by atoms with Gasteiger partial charge in [-0.05, 0) is 36.4 Å². The molecule has 1 heterocycles. The molecule has 0 unspecified atom stereocenters. The van der Waals surface area contributed by atoms with Gasteiger partial charge in [0.25, 0.3) is 5.91 Å². The van der Waals surface area contributed by atoms with Crippen molar-refractivity contribution in [3.05, 3.63) is 65.2 Å². The molecule has 2 N–H and O–H groups in total. The average Bonchev–Trinajstić information content (AvgIpc) is 2.70. The number of nitrogens with zero attached hydrogens (tertiary/aromatic N) is 2. The number of anilines is 1. The number of aromatic nitrogens is 1. The molecule has 6 nitrogen and oxygen atoms in total. The minimum atomic E-state index is -0.927. The molecule has 0 saturated carbocycles. The fourth-order valence-electron chi connectivity index (χ4n) is 2.66. The number of fused-ring (bicyclic) bond motifs is 1. The van der Waals surface area contributed by atoms with Crippen LogP contribution in [-0.2, 0) is 0 Å². The van der Waals surface area contributed by atoms with Gasteiger partial charge >= 0.3 is 0 Å². The van der Waals surface area contributed by atoms with Crippen LogP contribution in [0.3, 0.4) is 0 Å². The third-order valence-corrected chi connectivity index (χ3v) is 4.04. The van der Waals surface area contributed by atoms with Gasteiger partial charge < -0.3 is 15.4 Å². The lowest BCUT2D eigenvalue weighted by molar-refractivity contribution is 0.0946. The number of benzene rings is 2. The first-order valence-electron chi connectivity index (χ1n) is 8.38. The number of pyridine rings is 1. The lowest BCUT2D eigenvalue weighted by Crippen LogP contribution is -2.30. The largest absolute Gasteiger partial charge is 0.497 e. The number of amides is 1. The van der Waals surface area contributed by atoms with E-state index in [-0.39, 0.29) is 13.1 Å². The van der Waals surface area contributed by atoms with Gasteiger partial charge in [-0.1, -0.05) is 6.07 Å². The van der Waals surface area contributed by atoms with Crippen LogP contribution in [0.25, 0.3) is 10.9 Å². The van der Waals surface area contributed by atoms with Crippen LogP contribution in [0.5, 0.6) is 5.75 Å². The Balaban J connectivity index is 1.67. The highest BCUT2D eigenvalue weighted by molar-refractivity contribution is 5.94. The van der Waals surface area contributed by atoms with Crippen LogP contribution in [0, 0.1) is 23.0 Å². The van der Waals surface area contributed by atoms with E-state index in [1.54, 1.807) is 31.4 Å². The Morgan fingerprint density at radius 2 is 1.93 bits per heavy atom. The van der Waals surface area contributed by atoms with Crippen molar-refractivity contribution in [2.24, 2.45) is 0 Å². The highest BCUT2D eigenvalue weighted by Crippen LogP contribution is 2.23. The van der Waals surface area contributed by atoms with Crippen LogP contribution in [0.2, 0.25) is 0 Å². The summed E-state index contributed by atoms with van der Waals surface area (Å²) in [4.78, 5) is 16.4. The van der Waals surface area contributed by atoms with Crippen molar-refractivity contribution in [1.29, 1.82) is 5.26 Å².